The number of aromatic nitrogens is 1. The lowest BCUT2D eigenvalue weighted by molar-refractivity contribution is 0.742. The summed E-state index contributed by atoms with van der Waals surface area (Å²) in [7, 11) is 0. The van der Waals surface area contributed by atoms with E-state index in [2.05, 4.69) is 58.4 Å². The smallest absolute Gasteiger partial charge is 0.134 e. The van der Waals surface area contributed by atoms with Crippen LogP contribution in [-0.2, 0) is 0 Å². The van der Waals surface area contributed by atoms with Crippen molar-refractivity contribution < 1.29 is 0 Å². The van der Waals surface area contributed by atoms with Crippen LogP contribution in [0, 0.1) is 0 Å². The molecule has 0 saturated carbocycles. The van der Waals surface area contributed by atoms with Gasteiger partial charge in [0.05, 0.1) is 0 Å². The third-order valence-electron chi connectivity index (χ3n) is 3.16. The van der Waals surface area contributed by atoms with Gasteiger partial charge in [-0.3, -0.25) is 0 Å². The van der Waals surface area contributed by atoms with Gasteiger partial charge in [0, 0.05) is 24.3 Å². The molecule has 0 N–H and O–H groups in total. The summed E-state index contributed by atoms with van der Waals surface area (Å²) in [5, 5.41) is 0. The van der Waals surface area contributed by atoms with Crippen LogP contribution in [0.3, 0.4) is 0 Å². The molecule has 1 aliphatic rings. The minimum Gasteiger partial charge on any atom is -0.326 e. The molecular weight excluding hydrogens is 222 g/mol. The van der Waals surface area contributed by atoms with Gasteiger partial charge in [0.1, 0.15) is 12.0 Å². The lowest BCUT2D eigenvalue weighted by Gasteiger charge is -2.29. The van der Waals surface area contributed by atoms with Crippen LogP contribution in [0.4, 0.5) is 11.5 Å². The fourth-order valence-corrected chi connectivity index (χ4v) is 2.20. The predicted molar refractivity (Wildman–Crippen MR) is 74.2 cm³/mol. The summed E-state index contributed by atoms with van der Waals surface area (Å²) in [6.07, 6.45) is 6.22. The van der Waals surface area contributed by atoms with Gasteiger partial charge in [-0.05, 0) is 31.2 Å². The molecule has 18 heavy (non-hydrogen) atoms. The minimum absolute atomic E-state index is 0.238. The van der Waals surface area contributed by atoms with E-state index in [0.717, 1.165) is 5.82 Å². The fraction of sp³-hybridized carbons (Fsp3) is 0.133. The van der Waals surface area contributed by atoms with E-state index >= 15 is 0 Å². The normalized spacial score (nSPS) is 18.4. The van der Waals surface area contributed by atoms with E-state index in [9.17, 15) is 0 Å². The molecule has 90 valence electrons. The number of hydrogen-bond acceptors (Lipinski definition) is 3. The van der Waals surface area contributed by atoms with E-state index in [1.54, 1.807) is 0 Å². The first-order valence-electron chi connectivity index (χ1n) is 6.07. The van der Waals surface area contributed by atoms with Crippen LogP contribution in [0.1, 0.15) is 6.92 Å². The Labute approximate surface area is 107 Å². The number of hydrogen-bond donors (Lipinski definition) is 0. The van der Waals surface area contributed by atoms with Crippen LogP contribution in [0.25, 0.3) is 0 Å². The monoisotopic (exact) mass is 237 g/mol. The van der Waals surface area contributed by atoms with Gasteiger partial charge in [-0.15, -0.1) is 0 Å². The molecule has 0 spiro atoms. The third kappa shape index (κ3) is 1.84. The van der Waals surface area contributed by atoms with Crippen LogP contribution in [0.15, 0.2) is 67.1 Å². The second-order valence-corrected chi connectivity index (χ2v) is 4.27. The number of para-hydroxylation sites is 1. The maximum absolute atomic E-state index is 4.39. The van der Waals surface area contributed by atoms with E-state index in [0.29, 0.717) is 0 Å². The highest BCUT2D eigenvalue weighted by atomic mass is 15.4. The Kier molecular flexibility index (Phi) is 2.73. The average molecular weight is 237 g/mol. The van der Waals surface area contributed by atoms with Crippen molar-refractivity contribution in [1.29, 1.82) is 0 Å². The summed E-state index contributed by atoms with van der Waals surface area (Å²) in [5.74, 6) is 0.972. The molecule has 1 atom stereocenters. The molecule has 1 aliphatic heterocycles. The maximum atomic E-state index is 4.39. The molecule has 3 nitrogen and oxygen atoms in total. The van der Waals surface area contributed by atoms with E-state index in [1.165, 1.54) is 5.69 Å². The first kappa shape index (κ1) is 10.8. The van der Waals surface area contributed by atoms with Crippen molar-refractivity contribution in [2.24, 2.45) is 0 Å². The van der Waals surface area contributed by atoms with Crippen LogP contribution in [-0.4, -0.2) is 11.1 Å². The first-order chi connectivity index (χ1) is 8.86. The van der Waals surface area contributed by atoms with Crippen molar-refractivity contribution in [3.63, 3.8) is 0 Å². The lowest BCUT2D eigenvalue weighted by atomic mass is 10.3. The molecule has 0 amide bonds. The summed E-state index contributed by atoms with van der Waals surface area (Å²) in [6.45, 7) is 2.17. The van der Waals surface area contributed by atoms with Crippen molar-refractivity contribution in [3.8, 4) is 0 Å². The molecule has 0 fully saturated rings. The Bertz CT molecular complexity index is 487. The molecule has 0 aliphatic carbocycles. The molecular formula is C15H15N3. The molecule has 0 unspecified atom stereocenters. The number of rotatable bonds is 2. The highest BCUT2D eigenvalue weighted by Crippen LogP contribution is 2.27. The second kappa shape index (κ2) is 4.53. The van der Waals surface area contributed by atoms with Gasteiger partial charge in [0.2, 0.25) is 0 Å². The van der Waals surface area contributed by atoms with Gasteiger partial charge >= 0.3 is 0 Å². The molecule has 1 aromatic heterocycles. The van der Waals surface area contributed by atoms with Crippen LogP contribution in [0.5, 0.6) is 0 Å². The molecule has 2 aromatic rings. The Hall–Kier alpha value is -2.29. The molecule has 3 heteroatoms. The van der Waals surface area contributed by atoms with Gasteiger partial charge < -0.3 is 9.80 Å². The third-order valence-corrected chi connectivity index (χ3v) is 3.16. The van der Waals surface area contributed by atoms with Gasteiger partial charge in [-0.2, -0.15) is 0 Å². The lowest BCUT2D eigenvalue weighted by Crippen LogP contribution is -2.36. The number of nitrogens with zero attached hydrogens (tertiary/aromatic N) is 3. The van der Waals surface area contributed by atoms with Gasteiger partial charge in [-0.25, -0.2) is 4.98 Å². The second-order valence-electron chi connectivity index (χ2n) is 4.27. The molecule has 2 heterocycles. The van der Waals surface area contributed by atoms with Gasteiger partial charge in [0.15, 0.2) is 0 Å². The summed E-state index contributed by atoms with van der Waals surface area (Å²) >= 11 is 0. The Morgan fingerprint density at radius 3 is 2.33 bits per heavy atom. The number of anilines is 2. The number of benzene rings is 1. The Morgan fingerprint density at radius 1 is 0.889 bits per heavy atom. The Morgan fingerprint density at radius 2 is 1.61 bits per heavy atom. The minimum atomic E-state index is 0.238. The van der Waals surface area contributed by atoms with Crippen LogP contribution < -0.4 is 9.80 Å². The van der Waals surface area contributed by atoms with E-state index in [1.807, 2.05) is 30.5 Å². The summed E-state index contributed by atoms with van der Waals surface area (Å²) in [5.41, 5.74) is 1.19. The summed E-state index contributed by atoms with van der Waals surface area (Å²) in [6, 6.07) is 16.3. The van der Waals surface area contributed by atoms with Crippen LogP contribution >= 0.6 is 0 Å². The van der Waals surface area contributed by atoms with Crippen molar-refractivity contribution >= 4 is 11.5 Å². The van der Waals surface area contributed by atoms with Gasteiger partial charge in [0.25, 0.3) is 0 Å². The zero-order valence-corrected chi connectivity index (χ0v) is 10.3. The standard InChI is InChI=1S/C15H15N3/c1-13-17(14-7-3-2-4-8-14)11-12-18(13)15-9-5-6-10-16-15/h2-13H,1H3/t13-/m1/s1. The quantitative estimate of drug-likeness (QED) is 0.799. The van der Waals surface area contributed by atoms with E-state index < -0.39 is 0 Å². The topological polar surface area (TPSA) is 19.4 Å². The highest BCUT2D eigenvalue weighted by molar-refractivity contribution is 5.58. The number of pyridine rings is 1. The van der Waals surface area contributed by atoms with E-state index in [-0.39, 0.29) is 6.17 Å². The summed E-state index contributed by atoms with van der Waals surface area (Å²) < 4.78 is 0. The van der Waals surface area contributed by atoms with E-state index in [4.69, 9.17) is 0 Å². The fourth-order valence-electron chi connectivity index (χ4n) is 2.20. The Balaban J connectivity index is 1.86. The van der Waals surface area contributed by atoms with Gasteiger partial charge in [-0.1, -0.05) is 24.3 Å². The summed E-state index contributed by atoms with van der Waals surface area (Å²) in [4.78, 5) is 8.78. The molecule has 0 saturated heterocycles. The van der Waals surface area contributed by atoms with Crippen molar-refractivity contribution in [1.82, 2.24) is 4.98 Å². The molecule has 1 aromatic carbocycles. The maximum Gasteiger partial charge on any atom is 0.134 e. The van der Waals surface area contributed by atoms with Crippen molar-refractivity contribution in [2.75, 3.05) is 9.80 Å². The predicted octanol–water partition coefficient (Wildman–Crippen LogP) is 3.23. The van der Waals surface area contributed by atoms with Crippen molar-refractivity contribution in [2.45, 2.75) is 13.1 Å². The largest absolute Gasteiger partial charge is 0.326 e. The molecule has 0 bridgehead atoms. The molecule has 0 radical (unpaired) electrons. The first-order valence-corrected chi connectivity index (χ1v) is 6.07. The molecule has 3 rings (SSSR count). The highest BCUT2D eigenvalue weighted by Gasteiger charge is 2.24. The van der Waals surface area contributed by atoms with Crippen LogP contribution in [0.2, 0.25) is 0 Å². The zero-order chi connectivity index (χ0) is 12.4. The SMILES string of the molecule is C[C@@H]1N(c2ccccc2)C=CN1c1ccccn1. The van der Waals surface area contributed by atoms with Crippen molar-refractivity contribution in [3.05, 3.63) is 67.1 Å². The zero-order valence-electron chi connectivity index (χ0n) is 10.3. The average Bonchev–Trinajstić information content (AvgIpc) is 2.83.